The molecule has 160 valence electrons. The molecule has 0 spiro atoms. The van der Waals surface area contributed by atoms with Gasteiger partial charge in [-0.25, -0.2) is 0 Å². The number of benzene rings is 3. The molecular formula is C25H21ClN4OS. The van der Waals surface area contributed by atoms with E-state index in [4.69, 9.17) is 11.6 Å². The van der Waals surface area contributed by atoms with Crippen LogP contribution in [0.3, 0.4) is 0 Å². The smallest absolute Gasteiger partial charge is 0.237 e. The van der Waals surface area contributed by atoms with Gasteiger partial charge in [-0.1, -0.05) is 84.0 Å². The maximum Gasteiger partial charge on any atom is 0.237 e. The van der Waals surface area contributed by atoms with Crippen LogP contribution in [0.1, 0.15) is 11.1 Å². The average Bonchev–Trinajstić information content (AvgIpc) is 3.43. The highest BCUT2D eigenvalue weighted by molar-refractivity contribution is 7.99. The second kappa shape index (κ2) is 9.18. The Balaban J connectivity index is 1.41. The lowest BCUT2D eigenvalue weighted by atomic mass is 10.2. The fraction of sp³-hybridized carbons (Fsp3) is 0.160. The van der Waals surface area contributed by atoms with Crippen LogP contribution < -0.4 is 4.90 Å². The summed E-state index contributed by atoms with van der Waals surface area (Å²) in [6.07, 6.45) is 0.896. The number of fused-ring (bicyclic) bond motifs is 1. The monoisotopic (exact) mass is 460 g/mol. The molecule has 0 radical (unpaired) electrons. The number of carbonyl (C=O) groups is 1. The number of anilines is 1. The maximum atomic E-state index is 13.0. The van der Waals surface area contributed by atoms with E-state index in [1.54, 1.807) is 0 Å². The van der Waals surface area contributed by atoms with Gasteiger partial charge in [0.25, 0.3) is 0 Å². The van der Waals surface area contributed by atoms with E-state index in [9.17, 15) is 4.79 Å². The van der Waals surface area contributed by atoms with Gasteiger partial charge in [0.15, 0.2) is 11.0 Å². The molecule has 0 aliphatic carbocycles. The van der Waals surface area contributed by atoms with Crippen molar-refractivity contribution in [2.75, 3.05) is 17.2 Å². The second-order valence-corrected chi connectivity index (χ2v) is 8.92. The van der Waals surface area contributed by atoms with E-state index in [0.717, 1.165) is 29.8 Å². The van der Waals surface area contributed by atoms with Crippen LogP contribution in [0, 0.1) is 0 Å². The van der Waals surface area contributed by atoms with E-state index < -0.39 is 0 Å². The molecule has 0 bridgehead atoms. The topological polar surface area (TPSA) is 51.0 Å². The zero-order valence-electron chi connectivity index (χ0n) is 17.3. The molecule has 7 heteroatoms. The van der Waals surface area contributed by atoms with Crippen molar-refractivity contribution in [2.45, 2.75) is 18.1 Å². The molecule has 3 aromatic carbocycles. The summed E-state index contributed by atoms with van der Waals surface area (Å²) in [5, 5.41) is 10.2. The predicted octanol–water partition coefficient (Wildman–Crippen LogP) is 5.33. The Hall–Kier alpha value is -3.09. The molecule has 1 amide bonds. The van der Waals surface area contributed by atoms with E-state index in [2.05, 4.69) is 28.4 Å². The van der Waals surface area contributed by atoms with Gasteiger partial charge < -0.3 is 4.90 Å². The van der Waals surface area contributed by atoms with E-state index >= 15 is 0 Å². The van der Waals surface area contributed by atoms with Crippen LogP contribution in [-0.2, 0) is 17.8 Å². The van der Waals surface area contributed by atoms with Crippen LogP contribution in [-0.4, -0.2) is 33.0 Å². The Labute approximate surface area is 196 Å². The third-order valence-electron chi connectivity index (χ3n) is 5.53. The third kappa shape index (κ3) is 4.16. The average molecular weight is 461 g/mol. The van der Waals surface area contributed by atoms with E-state index in [-0.39, 0.29) is 5.91 Å². The molecule has 0 saturated heterocycles. The first kappa shape index (κ1) is 20.8. The Bertz CT molecular complexity index is 1260. The second-order valence-electron chi connectivity index (χ2n) is 7.57. The number of thioether (sulfide) groups is 1. The van der Waals surface area contributed by atoms with Crippen LogP contribution in [0.2, 0.25) is 5.02 Å². The van der Waals surface area contributed by atoms with Crippen LogP contribution in [0.5, 0.6) is 0 Å². The molecule has 0 fully saturated rings. The number of para-hydroxylation sites is 1. The number of halogens is 1. The van der Waals surface area contributed by atoms with Crippen molar-refractivity contribution in [1.29, 1.82) is 0 Å². The summed E-state index contributed by atoms with van der Waals surface area (Å²) in [5.74, 6) is 1.07. The van der Waals surface area contributed by atoms with Crippen molar-refractivity contribution in [3.63, 3.8) is 0 Å². The van der Waals surface area contributed by atoms with Gasteiger partial charge in [-0.15, -0.1) is 10.2 Å². The lowest BCUT2D eigenvalue weighted by Crippen LogP contribution is -2.30. The maximum absolute atomic E-state index is 13.0. The van der Waals surface area contributed by atoms with Gasteiger partial charge in [0, 0.05) is 17.8 Å². The highest BCUT2D eigenvalue weighted by atomic mass is 35.5. The van der Waals surface area contributed by atoms with Crippen LogP contribution in [0.25, 0.3) is 11.4 Å². The van der Waals surface area contributed by atoms with Crippen molar-refractivity contribution in [3.05, 3.63) is 95.0 Å². The summed E-state index contributed by atoms with van der Waals surface area (Å²) in [4.78, 5) is 14.9. The quantitative estimate of drug-likeness (QED) is 0.365. The Morgan fingerprint density at radius 3 is 2.53 bits per heavy atom. The number of carbonyl (C=O) groups excluding carboxylic acids is 1. The minimum absolute atomic E-state index is 0.0773. The summed E-state index contributed by atoms with van der Waals surface area (Å²) in [6.45, 7) is 1.32. The summed E-state index contributed by atoms with van der Waals surface area (Å²) in [6, 6.07) is 25.9. The number of aromatic nitrogens is 3. The third-order valence-corrected chi connectivity index (χ3v) is 6.81. The highest BCUT2D eigenvalue weighted by Crippen LogP contribution is 2.31. The fourth-order valence-electron chi connectivity index (χ4n) is 3.95. The summed E-state index contributed by atoms with van der Waals surface area (Å²) in [7, 11) is 0. The van der Waals surface area contributed by atoms with Gasteiger partial charge >= 0.3 is 0 Å². The first-order valence-electron chi connectivity index (χ1n) is 10.4. The molecule has 0 saturated carbocycles. The van der Waals surface area contributed by atoms with Crippen LogP contribution in [0.15, 0.2) is 84.0 Å². The SMILES string of the molecule is O=C(CSc1nnc(-c2ccccc2Cl)n1Cc1ccccc1)N1CCc2ccccc21. The molecule has 5 nitrogen and oxygen atoms in total. The van der Waals surface area contributed by atoms with Crippen LogP contribution >= 0.6 is 23.4 Å². The van der Waals surface area contributed by atoms with Gasteiger partial charge in [0.05, 0.1) is 17.3 Å². The minimum Gasteiger partial charge on any atom is -0.311 e. The van der Waals surface area contributed by atoms with Crippen LogP contribution in [0.4, 0.5) is 5.69 Å². The molecule has 0 unspecified atom stereocenters. The van der Waals surface area contributed by atoms with Crippen molar-refractivity contribution in [2.24, 2.45) is 0 Å². The molecule has 5 rings (SSSR count). The lowest BCUT2D eigenvalue weighted by Gasteiger charge is -2.17. The van der Waals surface area contributed by atoms with E-state index in [1.807, 2.05) is 70.1 Å². The Kier molecular flexibility index (Phi) is 5.97. The molecule has 32 heavy (non-hydrogen) atoms. The number of hydrogen-bond donors (Lipinski definition) is 0. The molecule has 1 aromatic heterocycles. The van der Waals surface area contributed by atoms with Crippen molar-refractivity contribution < 1.29 is 4.79 Å². The van der Waals surface area contributed by atoms with Gasteiger partial charge in [0.1, 0.15) is 0 Å². The van der Waals surface area contributed by atoms with Crippen molar-refractivity contribution in [3.8, 4) is 11.4 Å². The zero-order chi connectivity index (χ0) is 21.9. The number of hydrogen-bond acceptors (Lipinski definition) is 4. The summed E-state index contributed by atoms with van der Waals surface area (Å²) in [5.41, 5.74) is 4.19. The zero-order valence-corrected chi connectivity index (χ0v) is 18.9. The molecule has 0 atom stereocenters. The highest BCUT2D eigenvalue weighted by Gasteiger charge is 2.25. The molecular weight excluding hydrogens is 440 g/mol. The van der Waals surface area contributed by atoms with E-state index in [0.29, 0.717) is 28.3 Å². The summed E-state index contributed by atoms with van der Waals surface area (Å²) >= 11 is 7.87. The van der Waals surface area contributed by atoms with Gasteiger partial charge in [-0.05, 0) is 35.7 Å². The largest absolute Gasteiger partial charge is 0.311 e. The molecule has 0 N–H and O–H groups in total. The number of amides is 1. The number of nitrogens with zero attached hydrogens (tertiary/aromatic N) is 4. The number of rotatable bonds is 6. The normalized spacial score (nSPS) is 12.7. The lowest BCUT2D eigenvalue weighted by molar-refractivity contribution is -0.116. The standard InChI is InChI=1S/C25H21ClN4OS/c26-21-12-6-5-11-20(21)24-27-28-25(30(24)16-18-8-2-1-3-9-18)32-17-23(31)29-15-14-19-10-4-7-13-22(19)29/h1-13H,14-17H2. The fourth-order valence-corrected chi connectivity index (χ4v) is 4.98. The first-order chi connectivity index (χ1) is 15.7. The van der Waals surface area contributed by atoms with Gasteiger partial charge in [-0.2, -0.15) is 0 Å². The molecule has 1 aliphatic heterocycles. The van der Waals surface area contributed by atoms with Gasteiger partial charge in [0.2, 0.25) is 5.91 Å². The Morgan fingerprint density at radius 2 is 1.69 bits per heavy atom. The molecule has 1 aliphatic rings. The first-order valence-corrected chi connectivity index (χ1v) is 11.8. The predicted molar refractivity (Wildman–Crippen MR) is 129 cm³/mol. The minimum atomic E-state index is 0.0773. The molecule has 2 heterocycles. The van der Waals surface area contributed by atoms with Gasteiger partial charge in [-0.3, -0.25) is 9.36 Å². The van der Waals surface area contributed by atoms with E-state index in [1.165, 1.54) is 17.3 Å². The molecule has 4 aromatic rings. The Morgan fingerprint density at radius 1 is 0.938 bits per heavy atom. The summed E-state index contributed by atoms with van der Waals surface area (Å²) < 4.78 is 2.03. The van der Waals surface area contributed by atoms with Crippen molar-refractivity contribution >= 4 is 35.0 Å². The van der Waals surface area contributed by atoms with Crippen molar-refractivity contribution in [1.82, 2.24) is 14.8 Å².